The molecule has 2 heterocycles. The fraction of sp³-hybridized carbons (Fsp3) is 0.500. The van der Waals surface area contributed by atoms with Gasteiger partial charge in [0, 0.05) is 23.5 Å². The highest BCUT2D eigenvalue weighted by molar-refractivity contribution is 5.91. The molecular weight excluding hydrogens is 304 g/mol. The van der Waals surface area contributed by atoms with Crippen LogP contribution in [0.3, 0.4) is 0 Å². The smallest absolute Gasteiger partial charge is 0.334 e. The molecule has 2 aliphatic heterocycles. The summed E-state index contributed by atoms with van der Waals surface area (Å²) in [6.07, 6.45) is 9.56. The lowest BCUT2D eigenvalue weighted by atomic mass is 9.89. The summed E-state index contributed by atoms with van der Waals surface area (Å²) in [5.74, 6) is -0.474. The molecular formula is C20H24O4. The van der Waals surface area contributed by atoms with E-state index in [2.05, 4.69) is 19.6 Å². The molecule has 1 fully saturated rings. The Hall–Kier alpha value is -2.10. The molecule has 0 spiro atoms. The van der Waals surface area contributed by atoms with Crippen molar-refractivity contribution in [3.05, 3.63) is 47.1 Å². The maximum Gasteiger partial charge on any atom is 0.334 e. The van der Waals surface area contributed by atoms with E-state index in [0.29, 0.717) is 12.0 Å². The van der Waals surface area contributed by atoms with Crippen molar-refractivity contribution < 1.29 is 19.1 Å². The Kier molecular flexibility index (Phi) is 4.74. The number of carbonyl (C=O) groups excluding carboxylic acids is 2. The van der Waals surface area contributed by atoms with Crippen molar-refractivity contribution in [3.8, 4) is 0 Å². The normalized spacial score (nSPS) is 35.7. The van der Waals surface area contributed by atoms with E-state index in [1.54, 1.807) is 0 Å². The summed E-state index contributed by atoms with van der Waals surface area (Å²) in [4.78, 5) is 23.8. The van der Waals surface area contributed by atoms with E-state index in [-0.39, 0.29) is 30.1 Å². The van der Waals surface area contributed by atoms with Crippen LogP contribution in [0, 0.1) is 5.92 Å². The van der Waals surface area contributed by atoms with Gasteiger partial charge in [0.2, 0.25) is 0 Å². The van der Waals surface area contributed by atoms with Crippen LogP contribution in [0.2, 0.25) is 0 Å². The molecule has 2 bridgehead atoms. The average Bonchev–Trinajstić information content (AvgIpc) is 2.97. The molecule has 0 aromatic heterocycles. The molecule has 0 radical (unpaired) electrons. The van der Waals surface area contributed by atoms with Gasteiger partial charge in [0.25, 0.3) is 0 Å². The second kappa shape index (κ2) is 6.80. The summed E-state index contributed by atoms with van der Waals surface area (Å²) in [7, 11) is 0. The van der Waals surface area contributed by atoms with Crippen LogP contribution in [0.15, 0.2) is 47.1 Å². The van der Waals surface area contributed by atoms with Crippen LogP contribution < -0.4 is 0 Å². The van der Waals surface area contributed by atoms with Gasteiger partial charge in [0.05, 0.1) is 0 Å². The Morgan fingerprint density at radius 3 is 2.62 bits per heavy atom. The molecule has 4 heteroatoms. The molecule has 3 rings (SSSR count). The molecule has 3 atom stereocenters. The number of hydrogen-bond acceptors (Lipinski definition) is 4. The molecule has 1 aliphatic carbocycles. The zero-order valence-corrected chi connectivity index (χ0v) is 14.3. The summed E-state index contributed by atoms with van der Waals surface area (Å²) >= 11 is 0. The van der Waals surface area contributed by atoms with Gasteiger partial charge in [-0.3, -0.25) is 0 Å². The molecule has 0 unspecified atom stereocenters. The van der Waals surface area contributed by atoms with Crippen molar-refractivity contribution in [1.82, 2.24) is 0 Å². The van der Waals surface area contributed by atoms with Gasteiger partial charge in [-0.1, -0.05) is 23.8 Å². The minimum atomic E-state index is -0.297. The summed E-state index contributed by atoms with van der Waals surface area (Å²) in [6.45, 7) is 8.00. The van der Waals surface area contributed by atoms with Crippen molar-refractivity contribution in [2.45, 2.75) is 58.2 Å². The lowest BCUT2D eigenvalue weighted by Gasteiger charge is -2.16. The van der Waals surface area contributed by atoms with E-state index >= 15 is 0 Å². The van der Waals surface area contributed by atoms with E-state index in [0.717, 1.165) is 36.8 Å². The maximum atomic E-state index is 11.9. The van der Waals surface area contributed by atoms with Crippen molar-refractivity contribution >= 4 is 11.9 Å². The number of rotatable bonds is 0. The molecule has 4 nitrogen and oxygen atoms in total. The standard InChI is InChI=1S/C20H24O4/c1-12-5-4-6-15-11-16(23-20(15)22)9-13(2)10-18-17(8-7-12)14(3)19(21)24-18/h5,10-11,16-18H,3-4,6-9H2,1-2H3/b12-5-,13-10-/t16-,17-,18-/m0/s1. The van der Waals surface area contributed by atoms with E-state index in [9.17, 15) is 9.59 Å². The third-order valence-electron chi connectivity index (χ3n) is 4.99. The zero-order valence-electron chi connectivity index (χ0n) is 14.3. The highest BCUT2D eigenvalue weighted by atomic mass is 16.6. The third kappa shape index (κ3) is 3.53. The average molecular weight is 328 g/mol. The van der Waals surface area contributed by atoms with Gasteiger partial charge in [-0.05, 0) is 51.7 Å². The zero-order chi connectivity index (χ0) is 17.3. The van der Waals surface area contributed by atoms with Gasteiger partial charge < -0.3 is 9.47 Å². The fourth-order valence-electron chi connectivity index (χ4n) is 3.57. The van der Waals surface area contributed by atoms with Gasteiger partial charge in [0.15, 0.2) is 0 Å². The van der Waals surface area contributed by atoms with E-state index < -0.39 is 0 Å². The number of hydrogen-bond donors (Lipinski definition) is 0. The summed E-state index contributed by atoms with van der Waals surface area (Å²) < 4.78 is 10.9. The minimum absolute atomic E-state index is 0.0240. The molecule has 0 saturated carbocycles. The van der Waals surface area contributed by atoms with Gasteiger partial charge in [-0.15, -0.1) is 0 Å². The first kappa shape index (κ1) is 16.7. The van der Waals surface area contributed by atoms with Crippen molar-refractivity contribution in [1.29, 1.82) is 0 Å². The monoisotopic (exact) mass is 328 g/mol. The van der Waals surface area contributed by atoms with Crippen LogP contribution in [0.5, 0.6) is 0 Å². The molecule has 24 heavy (non-hydrogen) atoms. The first-order chi connectivity index (χ1) is 11.4. The first-order valence-electron chi connectivity index (χ1n) is 8.58. The topological polar surface area (TPSA) is 52.6 Å². The first-order valence-corrected chi connectivity index (χ1v) is 8.58. The predicted octanol–water partition coefficient (Wildman–Crippen LogP) is 3.79. The van der Waals surface area contributed by atoms with Crippen LogP contribution in [0.4, 0.5) is 0 Å². The number of ether oxygens (including phenoxy) is 2. The molecule has 128 valence electrons. The highest BCUT2D eigenvalue weighted by Crippen LogP contribution is 2.34. The quantitative estimate of drug-likeness (QED) is 0.386. The van der Waals surface area contributed by atoms with Crippen LogP contribution in [0.1, 0.15) is 46.0 Å². The Balaban J connectivity index is 1.86. The molecule has 0 aromatic rings. The van der Waals surface area contributed by atoms with Gasteiger partial charge in [-0.2, -0.15) is 0 Å². The lowest BCUT2D eigenvalue weighted by Crippen LogP contribution is -2.16. The number of carbonyl (C=O) groups is 2. The molecule has 0 amide bonds. The molecule has 0 aromatic carbocycles. The van der Waals surface area contributed by atoms with Crippen LogP contribution in [-0.2, 0) is 19.1 Å². The number of fused-ring (bicyclic) bond motifs is 2. The molecule has 3 aliphatic rings. The second-order valence-corrected chi connectivity index (χ2v) is 6.98. The lowest BCUT2D eigenvalue weighted by molar-refractivity contribution is -0.139. The van der Waals surface area contributed by atoms with Crippen LogP contribution in [-0.4, -0.2) is 24.1 Å². The van der Waals surface area contributed by atoms with Gasteiger partial charge in [-0.25, -0.2) is 9.59 Å². The summed E-state index contributed by atoms with van der Waals surface area (Å²) in [5.41, 5.74) is 3.67. The second-order valence-electron chi connectivity index (χ2n) is 6.98. The number of esters is 2. The Labute approximate surface area is 142 Å². The van der Waals surface area contributed by atoms with Crippen molar-refractivity contribution in [2.24, 2.45) is 5.92 Å². The van der Waals surface area contributed by atoms with E-state index in [4.69, 9.17) is 9.47 Å². The Morgan fingerprint density at radius 1 is 1.04 bits per heavy atom. The molecule has 0 N–H and O–H groups in total. The number of allylic oxidation sites excluding steroid dienone is 2. The fourth-order valence-corrected chi connectivity index (χ4v) is 3.57. The van der Waals surface area contributed by atoms with E-state index in [1.807, 2.05) is 19.1 Å². The van der Waals surface area contributed by atoms with Gasteiger partial charge in [0.1, 0.15) is 12.2 Å². The summed E-state index contributed by atoms with van der Waals surface area (Å²) in [6, 6.07) is 0. The minimum Gasteiger partial charge on any atom is -0.454 e. The van der Waals surface area contributed by atoms with E-state index in [1.165, 1.54) is 5.57 Å². The highest BCUT2D eigenvalue weighted by Gasteiger charge is 2.37. The third-order valence-corrected chi connectivity index (χ3v) is 4.99. The van der Waals surface area contributed by atoms with Gasteiger partial charge >= 0.3 is 11.9 Å². The maximum absolute atomic E-state index is 11.9. The predicted molar refractivity (Wildman–Crippen MR) is 91.1 cm³/mol. The Bertz CT molecular complexity index is 665. The molecule has 1 saturated heterocycles. The van der Waals surface area contributed by atoms with Crippen molar-refractivity contribution in [3.63, 3.8) is 0 Å². The summed E-state index contributed by atoms with van der Waals surface area (Å²) in [5, 5.41) is 0. The largest absolute Gasteiger partial charge is 0.454 e. The van der Waals surface area contributed by atoms with Crippen LogP contribution >= 0.6 is 0 Å². The van der Waals surface area contributed by atoms with Crippen LogP contribution in [0.25, 0.3) is 0 Å². The van der Waals surface area contributed by atoms with Crippen molar-refractivity contribution in [2.75, 3.05) is 0 Å². The Morgan fingerprint density at radius 2 is 1.83 bits per heavy atom. The SMILES string of the molecule is C=C1C(=O)O[C@H]2/C=C(/C)C[C@H]3C=C(CC/C=C(/C)CC[C@@H]12)C(=O)O3.